The number of hydrogen-bond acceptors (Lipinski definition) is 19. The molecule has 600 valence electrons. The summed E-state index contributed by atoms with van der Waals surface area (Å²) in [5.74, 6) is 0.432. The van der Waals surface area contributed by atoms with Crippen molar-refractivity contribution >= 4 is 35.4 Å². The quantitative estimate of drug-likeness (QED) is 0.0201. The minimum atomic E-state index is 0.189. The lowest BCUT2D eigenvalue weighted by Crippen LogP contribution is -2.46. The Morgan fingerprint density at radius 2 is 0.520 bits per heavy atom. The highest BCUT2D eigenvalue weighted by molar-refractivity contribution is 6.13. The van der Waals surface area contributed by atoms with Crippen molar-refractivity contribution in [2.75, 3.05) is 251 Å². The van der Waals surface area contributed by atoms with Crippen molar-refractivity contribution in [2.45, 2.75) is 239 Å². The molecule has 0 bridgehead atoms. The third-order valence-corrected chi connectivity index (χ3v) is 20.2. The van der Waals surface area contributed by atoms with E-state index in [2.05, 4.69) is 69.8 Å². The second-order valence-corrected chi connectivity index (χ2v) is 29.4. The summed E-state index contributed by atoms with van der Waals surface area (Å²) in [7, 11) is 7.96. The van der Waals surface area contributed by atoms with Gasteiger partial charge in [-0.15, -0.1) is 0 Å². The van der Waals surface area contributed by atoms with Crippen LogP contribution in [-0.2, 0) is 9.59 Å². The summed E-state index contributed by atoms with van der Waals surface area (Å²) in [6.07, 6.45) is 44.8. The molecule has 0 aromatic heterocycles. The maximum Gasteiger partial charge on any atom is 0.222 e. The zero-order valence-electron chi connectivity index (χ0n) is 66.8. The Morgan fingerprint density at radius 1 is 0.260 bits per heavy atom. The van der Waals surface area contributed by atoms with Crippen LogP contribution >= 0.6 is 23.6 Å². The normalized spacial score (nSPS) is 12.0. The zero-order valence-corrected chi connectivity index (χ0v) is 68.3. The number of halogens is 2. The SMILES string of the molecule is CCCCCCCCCCCCCCCCCC(=O)N(CCN)CCN(CCN)CCN(CCNC)CCN(Cl)CCN(CCN)CCNC.CCCCCCCCCCCCCCCCCC(=O)NCCN(CCNC)CCN(Cl)CCN(CCNC)CCN(CCN)CCCCCN. The molecule has 0 aliphatic rings. The first-order valence-electron chi connectivity index (χ1n) is 41.7. The van der Waals surface area contributed by atoms with Crippen LogP contribution in [-0.4, -0.2) is 306 Å². The highest BCUT2D eigenvalue weighted by Gasteiger charge is 2.18. The second kappa shape index (κ2) is 81.9. The summed E-state index contributed by atoms with van der Waals surface area (Å²) in [6, 6.07) is 0. The summed E-state index contributed by atoms with van der Waals surface area (Å²) in [6.45, 7) is 33.4. The molecular weight excluding hydrogens is 1290 g/mol. The Balaban J connectivity index is 0. The predicted octanol–water partition coefficient (Wildman–Crippen LogP) is 9.01. The van der Waals surface area contributed by atoms with Crippen LogP contribution in [0.4, 0.5) is 0 Å². The van der Waals surface area contributed by atoms with Gasteiger partial charge in [0.2, 0.25) is 11.8 Å². The number of rotatable bonds is 81. The number of carbonyl (C=O) groups excluding carboxylic acids is 2. The zero-order chi connectivity index (χ0) is 73.7. The molecule has 0 fully saturated rings. The van der Waals surface area contributed by atoms with Gasteiger partial charge in [0, 0.05) is 222 Å². The Bertz CT molecular complexity index is 1630. The Labute approximate surface area is 629 Å². The van der Waals surface area contributed by atoms with Crippen LogP contribution in [0.15, 0.2) is 0 Å². The minimum Gasteiger partial charge on any atom is -0.355 e. The van der Waals surface area contributed by atoms with Gasteiger partial charge in [0.15, 0.2) is 0 Å². The van der Waals surface area contributed by atoms with Crippen LogP contribution in [0.2, 0.25) is 0 Å². The number of nitrogens with two attached hydrogens (primary N) is 5. The predicted molar refractivity (Wildman–Crippen MR) is 437 cm³/mol. The molecule has 0 saturated carbocycles. The average molecular weight is 1470 g/mol. The van der Waals surface area contributed by atoms with Crippen molar-refractivity contribution in [3.63, 3.8) is 0 Å². The van der Waals surface area contributed by atoms with Gasteiger partial charge in [0.25, 0.3) is 0 Å². The third-order valence-electron chi connectivity index (χ3n) is 19.5. The number of carbonyl (C=O) groups is 2. The summed E-state index contributed by atoms with van der Waals surface area (Å²) >= 11 is 13.4. The van der Waals surface area contributed by atoms with Crippen molar-refractivity contribution < 1.29 is 9.59 Å². The molecule has 23 heteroatoms. The number of likely N-dealkylation sites (N-methyl/N-ethyl adjacent to an activating group) is 4. The van der Waals surface area contributed by atoms with Crippen LogP contribution in [0, 0.1) is 0 Å². The van der Waals surface area contributed by atoms with E-state index in [-0.39, 0.29) is 11.8 Å². The fraction of sp³-hybridized carbons (Fsp3) is 0.974. The lowest BCUT2D eigenvalue weighted by atomic mass is 10.0. The van der Waals surface area contributed by atoms with Crippen LogP contribution in [0.3, 0.4) is 0 Å². The van der Waals surface area contributed by atoms with E-state index >= 15 is 0 Å². The summed E-state index contributed by atoms with van der Waals surface area (Å²) in [4.78, 5) is 42.2. The topological polar surface area (TPSA) is 254 Å². The van der Waals surface area contributed by atoms with E-state index in [9.17, 15) is 9.59 Å². The molecule has 0 aromatic carbocycles. The number of nitrogens with one attached hydrogen (secondary N) is 5. The first kappa shape index (κ1) is 101. The van der Waals surface area contributed by atoms with Gasteiger partial charge in [-0.3, -0.25) is 34.1 Å². The third kappa shape index (κ3) is 71.1. The fourth-order valence-corrected chi connectivity index (χ4v) is 13.1. The van der Waals surface area contributed by atoms with Gasteiger partial charge in [0.05, 0.1) is 0 Å². The van der Waals surface area contributed by atoms with E-state index in [1.165, 1.54) is 186 Å². The molecule has 0 rings (SSSR count). The molecule has 0 spiro atoms. The molecule has 15 N–H and O–H groups in total. The van der Waals surface area contributed by atoms with E-state index in [0.29, 0.717) is 58.7 Å². The molecule has 0 aliphatic heterocycles. The molecular formula is C77H171Cl2N19O2. The smallest absolute Gasteiger partial charge is 0.222 e. The first-order chi connectivity index (χ1) is 48.9. The van der Waals surface area contributed by atoms with Crippen molar-refractivity contribution in [3.05, 3.63) is 0 Å². The second-order valence-electron chi connectivity index (χ2n) is 28.4. The van der Waals surface area contributed by atoms with Gasteiger partial charge >= 0.3 is 0 Å². The summed E-state index contributed by atoms with van der Waals surface area (Å²) < 4.78 is 3.83. The van der Waals surface area contributed by atoms with Crippen LogP contribution in [0.5, 0.6) is 0 Å². The van der Waals surface area contributed by atoms with Gasteiger partial charge in [-0.1, -0.05) is 200 Å². The maximum absolute atomic E-state index is 13.1. The maximum atomic E-state index is 13.1. The monoisotopic (exact) mass is 1460 g/mol. The largest absolute Gasteiger partial charge is 0.355 e. The van der Waals surface area contributed by atoms with E-state index in [0.717, 1.165) is 202 Å². The highest BCUT2D eigenvalue weighted by atomic mass is 35.5. The number of hydrogen-bond donors (Lipinski definition) is 10. The fourth-order valence-electron chi connectivity index (χ4n) is 12.8. The Hall–Kier alpha value is -1.16. The number of nitrogens with zero attached hydrogens (tertiary/aromatic N) is 9. The molecule has 0 heterocycles. The minimum absolute atomic E-state index is 0.189. The van der Waals surface area contributed by atoms with E-state index in [4.69, 9.17) is 52.2 Å². The van der Waals surface area contributed by atoms with Gasteiger partial charge in [-0.2, -0.15) is 0 Å². The highest BCUT2D eigenvalue weighted by Crippen LogP contribution is 2.16. The van der Waals surface area contributed by atoms with E-state index < -0.39 is 0 Å². The number of unbranched alkanes of at least 4 members (excludes halogenated alkanes) is 30. The van der Waals surface area contributed by atoms with Crippen molar-refractivity contribution in [3.8, 4) is 0 Å². The molecule has 21 nitrogen and oxygen atoms in total. The summed E-state index contributed by atoms with van der Waals surface area (Å²) in [5, 5.41) is 16.2. The molecule has 0 aliphatic carbocycles. The molecule has 0 aromatic rings. The Kier molecular flexibility index (Phi) is 82.6. The van der Waals surface area contributed by atoms with Gasteiger partial charge in [-0.05, 0) is 90.5 Å². The van der Waals surface area contributed by atoms with Gasteiger partial charge in [0.1, 0.15) is 0 Å². The van der Waals surface area contributed by atoms with Crippen molar-refractivity contribution in [1.82, 2.24) is 69.7 Å². The number of amides is 2. The molecule has 0 atom stereocenters. The molecule has 0 radical (unpaired) electrons. The molecule has 2 amide bonds. The lowest BCUT2D eigenvalue weighted by molar-refractivity contribution is -0.131. The first-order valence-corrected chi connectivity index (χ1v) is 42.4. The molecule has 0 unspecified atom stereocenters. The summed E-state index contributed by atoms with van der Waals surface area (Å²) in [5.41, 5.74) is 29.3. The molecule has 100 heavy (non-hydrogen) atoms. The van der Waals surface area contributed by atoms with Crippen molar-refractivity contribution in [2.24, 2.45) is 28.7 Å². The molecule has 0 saturated heterocycles. The lowest BCUT2D eigenvalue weighted by Gasteiger charge is -2.31. The van der Waals surface area contributed by atoms with Crippen LogP contribution in [0.1, 0.15) is 239 Å². The van der Waals surface area contributed by atoms with Gasteiger partial charge < -0.3 is 65.1 Å². The Morgan fingerprint density at radius 3 is 0.850 bits per heavy atom. The average Bonchev–Trinajstić information content (AvgIpc) is 1.15. The van der Waals surface area contributed by atoms with E-state index in [1.54, 1.807) is 0 Å². The van der Waals surface area contributed by atoms with Crippen LogP contribution in [0.25, 0.3) is 0 Å². The van der Waals surface area contributed by atoms with Crippen LogP contribution < -0.4 is 55.3 Å². The van der Waals surface area contributed by atoms with E-state index in [1.807, 2.05) is 41.9 Å². The van der Waals surface area contributed by atoms with Gasteiger partial charge in [-0.25, -0.2) is 8.84 Å². The standard InChI is InChI=1S/C39H86ClN9O.C38H85ClN10O/c1-4-5-6-7-8-9-10-11-12-13-14-15-16-17-19-22-39(50)45-27-32-47(30-25-43-2)35-37-49(40)38-36-48(31-26-44-3)34-33-46(29-24-42)28-21-18-20-23-41;1-4-5-6-7-8-9-10-11-12-13-14-15-16-17-18-19-38(50)48(27-22-42)35-32-46(26-21-41)30-31-47(29-24-44-3)34-37-49(39)36-33-45(25-20-40)28-23-43-2/h43-44H,4-38,41-42H2,1-3H3,(H,45,50);43-44H,4-37,40-42H2,1-3H3. The van der Waals surface area contributed by atoms with Crippen molar-refractivity contribution in [1.29, 1.82) is 0 Å².